The number of benzene rings is 1. The molecule has 0 N–H and O–H groups in total. The standard InChI is InChI=1S/C16H22BrNO/c1-13-7-5-6-10-15(13)16(19)18(12-11-17)14-8-3-2-4-9-14/h5-7,10,14H,2-4,8-9,11-12H2,1H3. The van der Waals surface area contributed by atoms with Gasteiger partial charge >= 0.3 is 0 Å². The lowest BCUT2D eigenvalue weighted by Gasteiger charge is -2.34. The number of rotatable bonds is 4. The van der Waals surface area contributed by atoms with Crippen molar-refractivity contribution in [3.63, 3.8) is 0 Å². The molecule has 0 aliphatic heterocycles. The summed E-state index contributed by atoms with van der Waals surface area (Å²) in [6.07, 6.45) is 6.14. The Morgan fingerprint density at radius 3 is 2.58 bits per heavy atom. The Bertz CT molecular complexity index is 427. The van der Waals surface area contributed by atoms with E-state index in [0.717, 1.165) is 35.8 Å². The third-order valence-electron chi connectivity index (χ3n) is 3.98. The normalized spacial score (nSPS) is 16.3. The van der Waals surface area contributed by atoms with E-state index in [1.165, 1.54) is 19.3 Å². The first-order valence-electron chi connectivity index (χ1n) is 7.16. The monoisotopic (exact) mass is 323 g/mol. The molecule has 1 fully saturated rings. The smallest absolute Gasteiger partial charge is 0.254 e. The molecule has 0 radical (unpaired) electrons. The van der Waals surface area contributed by atoms with Crippen LogP contribution < -0.4 is 0 Å². The second-order valence-corrected chi connectivity index (χ2v) is 6.09. The Morgan fingerprint density at radius 1 is 1.26 bits per heavy atom. The van der Waals surface area contributed by atoms with Gasteiger partial charge < -0.3 is 4.90 Å². The van der Waals surface area contributed by atoms with Gasteiger partial charge in [-0.25, -0.2) is 0 Å². The second-order valence-electron chi connectivity index (χ2n) is 5.29. The zero-order chi connectivity index (χ0) is 13.7. The van der Waals surface area contributed by atoms with Crippen molar-refractivity contribution in [2.45, 2.75) is 45.1 Å². The van der Waals surface area contributed by atoms with E-state index in [9.17, 15) is 4.79 Å². The van der Waals surface area contributed by atoms with Crippen LogP contribution in [0.1, 0.15) is 48.0 Å². The number of carbonyl (C=O) groups is 1. The predicted molar refractivity (Wildman–Crippen MR) is 82.9 cm³/mol. The fraction of sp³-hybridized carbons (Fsp3) is 0.562. The van der Waals surface area contributed by atoms with Gasteiger partial charge in [-0.15, -0.1) is 0 Å². The SMILES string of the molecule is Cc1ccccc1C(=O)N(CCBr)C1CCCCC1. The molecule has 0 heterocycles. The van der Waals surface area contributed by atoms with Gasteiger partial charge in [-0.1, -0.05) is 53.4 Å². The van der Waals surface area contributed by atoms with Gasteiger partial charge in [-0.2, -0.15) is 0 Å². The average molecular weight is 324 g/mol. The molecule has 2 rings (SSSR count). The van der Waals surface area contributed by atoms with Crippen LogP contribution in [0.2, 0.25) is 0 Å². The van der Waals surface area contributed by atoms with Crippen LogP contribution in [0.5, 0.6) is 0 Å². The summed E-state index contributed by atoms with van der Waals surface area (Å²) in [6, 6.07) is 8.33. The molecule has 0 aromatic heterocycles. The number of aryl methyl sites for hydroxylation is 1. The zero-order valence-corrected chi connectivity index (χ0v) is 13.2. The average Bonchev–Trinajstić information content (AvgIpc) is 2.45. The van der Waals surface area contributed by atoms with Gasteiger partial charge in [0.15, 0.2) is 0 Å². The van der Waals surface area contributed by atoms with Gasteiger partial charge in [0.25, 0.3) is 5.91 Å². The molecule has 1 aromatic rings. The molecule has 0 atom stereocenters. The minimum Gasteiger partial charge on any atom is -0.335 e. The highest BCUT2D eigenvalue weighted by atomic mass is 79.9. The molecule has 1 amide bonds. The fourth-order valence-corrected chi connectivity index (χ4v) is 3.28. The number of hydrogen-bond acceptors (Lipinski definition) is 1. The molecular formula is C16H22BrNO. The molecule has 0 unspecified atom stereocenters. The van der Waals surface area contributed by atoms with E-state index in [1.54, 1.807) is 0 Å². The molecule has 2 nitrogen and oxygen atoms in total. The van der Waals surface area contributed by atoms with Gasteiger partial charge in [0.1, 0.15) is 0 Å². The van der Waals surface area contributed by atoms with E-state index in [2.05, 4.69) is 20.8 Å². The van der Waals surface area contributed by atoms with Crippen molar-refractivity contribution in [2.75, 3.05) is 11.9 Å². The van der Waals surface area contributed by atoms with Crippen LogP contribution in [-0.2, 0) is 0 Å². The Labute approximate surface area is 124 Å². The quantitative estimate of drug-likeness (QED) is 0.762. The molecular weight excluding hydrogens is 302 g/mol. The van der Waals surface area contributed by atoms with Crippen LogP contribution in [0.15, 0.2) is 24.3 Å². The number of carbonyl (C=O) groups excluding carboxylic acids is 1. The summed E-state index contributed by atoms with van der Waals surface area (Å²) < 4.78 is 0. The van der Waals surface area contributed by atoms with E-state index in [1.807, 2.05) is 31.2 Å². The first kappa shape index (κ1) is 14.6. The molecule has 3 heteroatoms. The first-order valence-corrected chi connectivity index (χ1v) is 8.28. The summed E-state index contributed by atoms with van der Waals surface area (Å²) in [5, 5.41) is 0.848. The minimum absolute atomic E-state index is 0.199. The number of alkyl halides is 1. The van der Waals surface area contributed by atoms with E-state index >= 15 is 0 Å². The Morgan fingerprint density at radius 2 is 1.95 bits per heavy atom. The van der Waals surface area contributed by atoms with Crippen LogP contribution in [0.25, 0.3) is 0 Å². The maximum Gasteiger partial charge on any atom is 0.254 e. The molecule has 0 bridgehead atoms. The lowest BCUT2D eigenvalue weighted by atomic mass is 9.93. The number of nitrogens with zero attached hydrogens (tertiary/aromatic N) is 1. The van der Waals surface area contributed by atoms with Crippen LogP contribution >= 0.6 is 15.9 Å². The third-order valence-corrected chi connectivity index (χ3v) is 4.33. The largest absolute Gasteiger partial charge is 0.335 e. The van der Waals surface area contributed by atoms with E-state index in [4.69, 9.17) is 0 Å². The minimum atomic E-state index is 0.199. The molecule has 19 heavy (non-hydrogen) atoms. The summed E-state index contributed by atoms with van der Waals surface area (Å²) in [7, 11) is 0. The lowest BCUT2D eigenvalue weighted by molar-refractivity contribution is 0.0650. The van der Waals surface area contributed by atoms with E-state index in [-0.39, 0.29) is 5.91 Å². The van der Waals surface area contributed by atoms with Crippen LogP contribution in [0, 0.1) is 6.92 Å². The van der Waals surface area contributed by atoms with Crippen molar-refractivity contribution in [2.24, 2.45) is 0 Å². The Balaban J connectivity index is 2.18. The highest BCUT2D eigenvalue weighted by Gasteiger charge is 2.26. The van der Waals surface area contributed by atoms with Crippen LogP contribution in [-0.4, -0.2) is 28.7 Å². The predicted octanol–water partition coefficient (Wildman–Crippen LogP) is 4.16. The number of hydrogen-bond donors (Lipinski definition) is 0. The van der Waals surface area contributed by atoms with Gasteiger partial charge in [-0.3, -0.25) is 4.79 Å². The summed E-state index contributed by atoms with van der Waals surface area (Å²) in [4.78, 5) is 14.8. The Kier molecular flexibility index (Phi) is 5.44. The van der Waals surface area contributed by atoms with E-state index in [0.29, 0.717) is 6.04 Å². The number of halogens is 1. The third kappa shape index (κ3) is 3.59. The van der Waals surface area contributed by atoms with Crippen molar-refractivity contribution in [3.8, 4) is 0 Å². The van der Waals surface area contributed by atoms with Crippen molar-refractivity contribution in [1.29, 1.82) is 0 Å². The van der Waals surface area contributed by atoms with Crippen molar-refractivity contribution < 1.29 is 4.79 Å². The van der Waals surface area contributed by atoms with Crippen molar-refractivity contribution >= 4 is 21.8 Å². The summed E-state index contributed by atoms with van der Waals surface area (Å²) in [5.74, 6) is 0.199. The summed E-state index contributed by atoms with van der Waals surface area (Å²) >= 11 is 3.48. The molecule has 1 aromatic carbocycles. The molecule has 0 saturated heterocycles. The zero-order valence-electron chi connectivity index (χ0n) is 11.6. The highest BCUT2D eigenvalue weighted by Crippen LogP contribution is 2.24. The van der Waals surface area contributed by atoms with Crippen LogP contribution in [0.4, 0.5) is 0 Å². The van der Waals surface area contributed by atoms with Gasteiger partial charge in [0.2, 0.25) is 0 Å². The molecule has 0 spiro atoms. The van der Waals surface area contributed by atoms with Gasteiger partial charge in [-0.05, 0) is 31.4 Å². The topological polar surface area (TPSA) is 20.3 Å². The molecule has 1 saturated carbocycles. The van der Waals surface area contributed by atoms with E-state index < -0.39 is 0 Å². The van der Waals surface area contributed by atoms with Crippen molar-refractivity contribution in [3.05, 3.63) is 35.4 Å². The summed E-state index contributed by atoms with van der Waals surface area (Å²) in [5.41, 5.74) is 1.93. The Hall–Kier alpha value is -0.830. The maximum atomic E-state index is 12.8. The summed E-state index contributed by atoms with van der Waals surface area (Å²) in [6.45, 7) is 2.82. The first-order chi connectivity index (χ1) is 9.24. The van der Waals surface area contributed by atoms with Gasteiger partial charge in [0, 0.05) is 23.5 Å². The van der Waals surface area contributed by atoms with Gasteiger partial charge in [0.05, 0.1) is 0 Å². The van der Waals surface area contributed by atoms with Crippen molar-refractivity contribution in [1.82, 2.24) is 4.90 Å². The number of amides is 1. The lowest BCUT2D eigenvalue weighted by Crippen LogP contribution is -2.42. The van der Waals surface area contributed by atoms with Crippen LogP contribution in [0.3, 0.4) is 0 Å². The fourth-order valence-electron chi connectivity index (χ4n) is 2.90. The molecule has 104 valence electrons. The maximum absolute atomic E-state index is 12.8. The molecule has 1 aliphatic carbocycles. The second kappa shape index (κ2) is 7.09. The molecule has 1 aliphatic rings. The highest BCUT2D eigenvalue weighted by molar-refractivity contribution is 9.09.